The van der Waals surface area contributed by atoms with Crippen molar-refractivity contribution in [3.8, 4) is 5.75 Å². The average molecular weight is 444 g/mol. The van der Waals surface area contributed by atoms with E-state index < -0.39 is 10.8 Å². The van der Waals surface area contributed by atoms with Gasteiger partial charge in [-0.05, 0) is 59.7 Å². The molecule has 0 aliphatic heterocycles. The van der Waals surface area contributed by atoms with Gasteiger partial charge in [0, 0.05) is 16.7 Å². The highest BCUT2D eigenvalue weighted by Crippen LogP contribution is 2.25. The Kier molecular flexibility index (Phi) is 7.00. The fraction of sp³-hybridized carbons (Fsp3) is 0.0476. The van der Waals surface area contributed by atoms with Crippen molar-refractivity contribution in [1.29, 1.82) is 0 Å². The molecular formula is C21H15Cl2N3O4. The SMILES string of the molecule is O=C(N/N=C\c1ccc(OCc2cccc(Cl)c2)cc1)c1ccc(Cl)c([N+](=O)[O-])c1. The Morgan fingerprint density at radius 3 is 2.57 bits per heavy atom. The topological polar surface area (TPSA) is 93.8 Å². The highest BCUT2D eigenvalue weighted by atomic mass is 35.5. The highest BCUT2D eigenvalue weighted by Gasteiger charge is 2.15. The molecule has 3 aromatic carbocycles. The number of carbonyl (C=O) groups is 1. The maximum Gasteiger partial charge on any atom is 0.288 e. The third-order valence-corrected chi connectivity index (χ3v) is 4.51. The first-order valence-corrected chi connectivity index (χ1v) is 9.42. The summed E-state index contributed by atoms with van der Waals surface area (Å²) in [6, 6.07) is 18.3. The van der Waals surface area contributed by atoms with Crippen LogP contribution < -0.4 is 10.2 Å². The quantitative estimate of drug-likeness (QED) is 0.306. The van der Waals surface area contributed by atoms with Crippen molar-refractivity contribution in [3.63, 3.8) is 0 Å². The summed E-state index contributed by atoms with van der Waals surface area (Å²) in [5.41, 5.74) is 3.74. The molecule has 30 heavy (non-hydrogen) atoms. The van der Waals surface area contributed by atoms with Gasteiger partial charge in [0.25, 0.3) is 11.6 Å². The van der Waals surface area contributed by atoms with Crippen LogP contribution in [0.15, 0.2) is 71.8 Å². The summed E-state index contributed by atoms with van der Waals surface area (Å²) in [6.07, 6.45) is 1.45. The average Bonchev–Trinajstić information content (AvgIpc) is 2.73. The minimum Gasteiger partial charge on any atom is -0.489 e. The summed E-state index contributed by atoms with van der Waals surface area (Å²) < 4.78 is 5.70. The molecule has 0 aromatic heterocycles. The maximum absolute atomic E-state index is 12.1. The van der Waals surface area contributed by atoms with Gasteiger partial charge in [0.2, 0.25) is 0 Å². The molecular weight excluding hydrogens is 429 g/mol. The first-order valence-electron chi connectivity index (χ1n) is 8.67. The van der Waals surface area contributed by atoms with E-state index in [0.29, 0.717) is 17.4 Å². The van der Waals surface area contributed by atoms with Gasteiger partial charge in [0.05, 0.1) is 11.1 Å². The number of nitrogens with one attached hydrogen (secondary N) is 1. The molecule has 1 amide bonds. The van der Waals surface area contributed by atoms with E-state index in [1.54, 1.807) is 30.3 Å². The lowest BCUT2D eigenvalue weighted by atomic mass is 10.2. The summed E-state index contributed by atoms with van der Waals surface area (Å²) in [4.78, 5) is 22.4. The van der Waals surface area contributed by atoms with Crippen LogP contribution in [-0.4, -0.2) is 17.0 Å². The minimum absolute atomic E-state index is 0.0438. The van der Waals surface area contributed by atoms with Crippen molar-refractivity contribution in [2.45, 2.75) is 6.61 Å². The van der Waals surface area contributed by atoms with Crippen LogP contribution in [0.3, 0.4) is 0 Å². The first-order chi connectivity index (χ1) is 14.4. The monoisotopic (exact) mass is 443 g/mol. The number of hydrogen-bond donors (Lipinski definition) is 1. The number of hydrogen-bond acceptors (Lipinski definition) is 5. The van der Waals surface area contributed by atoms with Gasteiger partial charge in [-0.2, -0.15) is 5.10 Å². The van der Waals surface area contributed by atoms with Crippen LogP contribution in [0.25, 0.3) is 0 Å². The molecule has 0 saturated carbocycles. The number of ether oxygens (including phenoxy) is 1. The molecule has 0 bridgehead atoms. The zero-order valence-electron chi connectivity index (χ0n) is 15.4. The molecule has 3 aromatic rings. The van der Waals surface area contributed by atoms with Gasteiger partial charge in [0.1, 0.15) is 17.4 Å². The van der Waals surface area contributed by atoms with E-state index in [0.717, 1.165) is 17.2 Å². The minimum atomic E-state index is -0.654. The number of nitrogens with zero attached hydrogens (tertiary/aromatic N) is 2. The summed E-state index contributed by atoms with van der Waals surface area (Å²) in [6.45, 7) is 0.386. The number of halogens is 2. The molecule has 0 radical (unpaired) electrons. The van der Waals surface area contributed by atoms with Crippen molar-refractivity contribution in [3.05, 3.63) is 104 Å². The predicted molar refractivity (Wildman–Crippen MR) is 115 cm³/mol. The zero-order valence-corrected chi connectivity index (χ0v) is 16.9. The normalized spacial score (nSPS) is 10.7. The lowest BCUT2D eigenvalue weighted by Crippen LogP contribution is -2.17. The maximum atomic E-state index is 12.1. The summed E-state index contributed by atoms with van der Waals surface area (Å²) in [7, 11) is 0. The van der Waals surface area contributed by atoms with Crippen LogP contribution in [0.5, 0.6) is 5.75 Å². The number of rotatable bonds is 7. The van der Waals surface area contributed by atoms with E-state index in [1.165, 1.54) is 18.3 Å². The van der Waals surface area contributed by atoms with Crippen molar-refractivity contribution in [2.75, 3.05) is 0 Å². The summed E-state index contributed by atoms with van der Waals surface area (Å²) in [5, 5.41) is 15.4. The third-order valence-electron chi connectivity index (χ3n) is 3.96. The Bertz CT molecular complexity index is 1100. The number of nitro benzene ring substituents is 1. The Morgan fingerprint density at radius 2 is 1.87 bits per heavy atom. The molecule has 0 aliphatic carbocycles. The van der Waals surface area contributed by atoms with Crippen molar-refractivity contribution >= 4 is 41.0 Å². The fourth-order valence-corrected chi connectivity index (χ4v) is 2.87. The second-order valence-electron chi connectivity index (χ2n) is 6.11. The smallest absolute Gasteiger partial charge is 0.288 e. The molecule has 0 heterocycles. The Labute approximate surface area is 182 Å². The van der Waals surface area contributed by atoms with E-state index in [9.17, 15) is 14.9 Å². The molecule has 152 valence electrons. The van der Waals surface area contributed by atoms with Crippen molar-refractivity contribution in [2.24, 2.45) is 5.10 Å². The van der Waals surface area contributed by atoms with Crippen LogP contribution in [0, 0.1) is 10.1 Å². The number of amides is 1. The molecule has 0 aliphatic rings. The predicted octanol–water partition coefficient (Wildman–Crippen LogP) is 5.24. The van der Waals surface area contributed by atoms with Gasteiger partial charge in [-0.1, -0.05) is 35.3 Å². The van der Waals surface area contributed by atoms with Crippen LogP contribution >= 0.6 is 23.2 Å². The number of nitro groups is 1. The van der Waals surface area contributed by atoms with Gasteiger partial charge < -0.3 is 4.74 Å². The zero-order chi connectivity index (χ0) is 21.5. The van der Waals surface area contributed by atoms with Gasteiger partial charge in [-0.25, -0.2) is 5.43 Å². The fourth-order valence-electron chi connectivity index (χ4n) is 2.47. The van der Waals surface area contributed by atoms with E-state index >= 15 is 0 Å². The van der Waals surface area contributed by atoms with E-state index in [4.69, 9.17) is 27.9 Å². The standard InChI is InChI=1S/C21H15Cl2N3O4/c22-17-3-1-2-15(10-17)13-30-18-7-4-14(5-8-18)12-24-25-21(27)16-6-9-19(23)20(11-16)26(28)29/h1-12H,13H2,(H,25,27)/b24-12-. The Balaban J connectivity index is 1.55. The molecule has 3 rings (SSSR count). The summed E-state index contributed by atoms with van der Waals surface area (Å²) >= 11 is 11.7. The lowest BCUT2D eigenvalue weighted by Gasteiger charge is -2.06. The highest BCUT2D eigenvalue weighted by molar-refractivity contribution is 6.32. The second kappa shape index (κ2) is 9.87. The summed E-state index contributed by atoms with van der Waals surface area (Å²) in [5.74, 6) is 0.0807. The van der Waals surface area contributed by atoms with Gasteiger partial charge >= 0.3 is 0 Å². The van der Waals surface area contributed by atoms with E-state index in [1.807, 2.05) is 18.2 Å². The van der Waals surface area contributed by atoms with Crippen LogP contribution in [0.4, 0.5) is 5.69 Å². The molecule has 0 atom stereocenters. The molecule has 0 fully saturated rings. The number of hydrazone groups is 1. The third kappa shape index (κ3) is 5.79. The first kappa shape index (κ1) is 21.3. The van der Waals surface area contributed by atoms with E-state index in [2.05, 4.69) is 10.5 Å². The molecule has 1 N–H and O–H groups in total. The van der Waals surface area contributed by atoms with Crippen LogP contribution in [-0.2, 0) is 6.61 Å². The van der Waals surface area contributed by atoms with Crippen molar-refractivity contribution in [1.82, 2.24) is 5.43 Å². The molecule has 0 saturated heterocycles. The van der Waals surface area contributed by atoms with Crippen LogP contribution in [0.2, 0.25) is 10.0 Å². The Morgan fingerprint density at radius 1 is 1.10 bits per heavy atom. The molecule has 7 nitrogen and oxygen atoms in total. The number of carbonyl (C=O) groups excluding carboxylic acids is 1. The van der Waals surface area contributed by atoms with Crippen LogP contribution in [0.1, 0.15) is 21.5 Å². The Hall–Kier alpha value is -3.42. The lowest BCUT2D eigenvalue weighted by molar-refractivity contribution is -0.384. The molecule has 0 spiro atoms. The van der Waals surface area contributed by atoms with Gasteiger partial charge in [-0.15, -0.1) is 0 Å². The van der Waals surface area contributed by atoms with Gasteiger partial charge in [-0.3, -0.25) is 14.9 Å². The largest absolute Gasteiger partial charge is 0.489 e. The number of benzene rings is 3. The van der Waals surface area contributed by atoms with Gasteiger partial charge in [0.15, 0.2) is 0 Å². The molecule has 9 heteroatoms. The van der Waals surface area contributed by atoms with E-state index in [-0.39, 0.29) is 16.3 Å². The molecule has 0 unspecified atom stereocenters. The van der Waals surface area contributed by atoms with Crippen molar-refractivity contribution < 1.29 is 14.5 Å². The second-order valence-corrected chi connectivity index (χ2v) is 6.95.